The number of carbonyl (C=O) groups excluding carboxylic acids is 4. The van der Waals surface area contributed by atoms with E-state index in [-0.39, 0.29) is 47.4 Å². The minimum atomic E-state index is -0.887. The summed E-state index contributed by atoms with van der Waals surface area (Å²) in [5.41, 5.74) is 1.07. The van der Waals surface area contributed by atoms with Crippen LogP contribution in [0, 0.1) is 6.92 Å². The van der Waals surface area contributed by atoms with E-state index in [2.05, 4.69) is 25.8 Å². The number of rotatable bonds is 8. The average Bonchev–Trinajstić information content (AvgIpc) is 3.56. The number of hydrazone groups is 1. The monoisotopic (exact) mass is 615 g/mol. The van der Waals surface area contributed by atoms with E-state index >= 15 is 0 Å². The Bertz CT molecular complexity index is 1570. The summed E-state index contributed by atoms with van der Waals surface area (Å²) in [5, 5.41) is 16.1. The number of carbonyl (C=O) groups is 4. The third-order valence-electron chi connectivity index (χ3n) is 6.07. The van der Waals surface area contributed by atoms with Crippen LogP contribution in [-0.2, 0) is 19.1 Å². The van der Waals surface area contributed by atoms with E-state index in [1.165, 1.54) is 24.5 Å². The van der Waals surface area contributed by atoms with Crippen LogP contribution in [0.4, 0.5) is 16.3 Å². The number of halogens is 1. The van der Waals surface area contributed by atoms with Gasteiger partial charge in [-0.05, 0) is 51.5 Å². The van der Waals surface area contributed by atoms with Crippen molar-refractivity contribution in [3.05, 3.63) is 46.7 Å². The number of hydrogen-bond donors (Lipinski definition) is 2. The smallest absolute Gasteiger partial charge is 0.316 e. The van der Waals surface area contributed by atoms with E-state index in [0.717, 1.165) is 16.4 Å². The molecule has 0 radical (unpaired) electrons. The van der Waals surface area contributed by atoms with Gasteiger partial charge >= 0.3 is 11.2 Å². The number of pyridine rings is 1. The Hall–Kier alpha value is -4.17. The molecule has 0 aliphatic carbocycles. The van der Waals surface area contributed by atoms with Crippen LogP contribution in [0.25, 0.3) is 10.9 Å². The van der Waals surface area contributed by atoms with Gasteiger partial charge < -0.3 is 20.1 Å². The Morgan fingerprint density at radius 1 is 1.26 bits per heavy atom. The molecule has 1 unspecified atom stereocenters. The summed E-state index contributed by atoms with van der Waals surface area (Å²) in [5.74, 6) is -1.12. The molecule has 222 valence electrons. The van der Waals surface area contributed by atoms with Crippen LogP contribution in [-0.4, -0.2) is 75.2 Å². The molecule has 2 aromatic heterocycles. The summed E-state index contributed by atoms with van der Waals surface area (Å²) in [6.07, 6.45) is 3.14. The van der Waals surface area contributed by atoms with Crippen molar-refractivity contribution < 1.29 is 28.7 Å². The second-order valence-corrected chi connectivity index (χ2v) is 10.8. The van der Waals surface area contributed by atoms with Gasteiger partial charge in [0.25, 0.3) is 5.91 Å². The van der Waals surface area contributed by atoms with Crippen molar-refractivity contribution in [1.29, 1.82) is 0 Å². The number of hydrogen-bond acceptors (Lipinski definition) is 11. The molecule has 3 heterocycles. The van der Waals surface area contributed by atoms with Gasteiger partial charge in [0.2, 0.25) is 11.8 Å². The highest BCUT2D eigenvalue weighted by Crippen LogP contribution is 2.33. The van der Waals surface area contributed by atoms with Gasteiger partial charge in [0.05, 0.1) is 36.4 Å². The highest BCUT2D eigenvalue weighted by molar-refractivity contribution is 8.14. The summed E-state index contributed by atoms with van der Waals surface area (Å²) in [6.45, 7) is 7.21. The molecular formula is C27H30ClN7O6S. The number of nitrogens with zero attached hydrogens (tertiary/aromatic N) is 5. The molecule has 13 nitrogen and oxygen atoms in total. The van der Waals surface area contributed by atoms with E-state index in [9.17, 15) is 19.2 Å². The van der Waals surface area contributed by atoms with Gasteiger partial charge in [-0.1, -0.05) is 23.4 Å². The van der Waals surface area contributed by atoms with Gasteiger partial charge in [-0.3, -0.25) is 19.2 Å². The minimum absolute atomic E-state index is 0.0855. The van der Waals surface area contributed by atoms with Gasteiger partial charge in [-0.2, -0.15) is 9.78 Å². The fraction of sp³-hybridized carbons (Fsp3) is 0.370. The first-order valence-electron chi connectivity index (χ1n) is 13.0. The second-order valence-electron chi connectivity index (χ2n) is 9.50. The Morgan fingerprint density at radius 2 is 2.02 bits per heavy atom. The number of anilines is 2. The molecule has 0 spiro atoms. The molecule has 1 aromatic carbocycles. The molecule has 4 rings (SSSR count). The maximum absolute atomic E-state index is 13.8. The average molecular weight is 616 g/mol. The lowest BCUT2D eigenvalue weighted by molar-refractivity contribution is -0.139. The molecule has 42 heavy (non-hydrogen) atoms. The third-order valence-corrected chi connectivity index (χ3v) is 7.18. The fourth-order valence-electron chi connectivity index (χ4n) is 4.27. The molecule has 0 bridgehead atoms. The fourth-order valence-corrected chi connectivity index (χ4v) is 5.02. The molecule has 0 saturated heterocycles. The molecule has 0 fully saturated rings. The number of thioether (sulfide) groups is 1. The van der Waals surface area contributed by atoms with Crippen LogP contribution in [0.15, 0.2) is 35.7 Å². The third kappa shape index (κ3) is 6.65. The highest BCUT2D eigenvalue weighted by Gasteiger charge is 2.37. The number of nitrogens with one attached hydrogen (secondary N) is 2. The zero-order chi connectivity index (χ0) is 30.6. The maximum atomic E-state index is 13.8. The minimum Gasteiger partial charge on any atom is -0.483 e. The van der Waals surface area contributed by atoms with Gasteiger partial charge in [0.15, 0.2) is 5.82 Å². The number of esters is 1. The predicted molar refractivity (Wildman–Crippen MR) is 160 cm³/mol. The van der Waals surface area contributed by atoms with Crippen molar-refractivity contribution in [3.63, 3.8) is 0 Å². The Morgan fingerprint density at radius 3 is 2.69 bits per heavy atom. The van der Waals surface area contributed by atoms with Crippen LogP contribution in [0.5, 0.6) is 0 Å². The summed E-state index contributed by atoms with van der Waals surface area (Å²) >= 11 is 7.08. The maximum Gasteiger partial charge on any atom is 0.316 e. The lowest BCUT2D eigenvalue weighted by Crippen LogP contribution is -2.40. The first kappa shape index (κ1) is 30.8. The lowest BCUT2D eigenvalue weighted by atomic mass is 10.0. The molecule has 1 atom stereocenters. The number of methoxy groups -OCH3 is 1. The molecule has 15 heteroatoms. The SMILES string of the molecule is CCOC(=O)CSC(=O)n1cc2cc(C)c(NC(=O)C3CC(OC)=NN3c3ncccc3Cl)c(C(=O)NC(C)C)c2n1. The van der Waals surface area contributed by atoms with E-state index in [4.69, 9.17) is 21.1 Å². The Balaban J connectivity index is 1.71. The summed E-state index contributed by atoms with van der Waals surface area (Å²) in [7, 11) is 1.45. The van der Waals surface area contributed by atoms with Gasteiger partial charge in [-0.25, -0.2) is 9.99 Å². The Labute approximate surface area is 250 Å². The van der Waals surface area contributed by atoms with E-state index in [0.29, 0.717) is 21.9 Å². The van der Waals surface area contributed by atoms with E-state index < -0.39 is 29.1 Å². The van der Waals surface area contributed by atoms with Crippen LogP contribution < -0.4 is 15.6 Å². The van der Waals surface area contributed by atoms with E-state index in [1.807, 2.05) is 0 Å². The summed E-state index contributed by atoms with van der Waals surface area (Å²) in [4.78, 5) is 56.1. The number of benzene rings is 1. The predicted octanol–water partition coefficient (Wildman–Crippen LogP) is 3.97. The molecular weight excluding hydrogens is 586 g/mol. The molecule has 0 saturated carbocycles. The van der Waals surface area contributed by atoms with Gasteiger partial charge in [-0.15, -0.1) is 5.10 Å². The first-order valence-corrected chi connectivity index (χ1v) is 14.4. The normalized spacial score (nSPS) is 14.6. The molecule has 2 amide bonds. The summed E-state index contributed by atoms with van der Waals surface area (Å²) < 4.78 is 11.2. The lowest BCUT2D eigenvalue weighted by Gasteiger charge is -2.23. The number of fused-ring (bicyclic) bond motifs is 1. The number of ether oxygens (including phenoxy) is 2. The van der Waals surface area contributed by atoms with Crippen molar-refractivity contribution in [2.75, 3.05) is 29.8 Å². The van der Waals surface area contributed by atoms with Crippen molar-refractivity contribution in [2.24, 2.45) is 5.10 Å². The molecule has 1 aliphatic rings. The molecule has 3 aromatic rings. The highest BCUT2D eigenvalue weighted by atomic mass is 35.5. The second kappa shape index (κ2) is 13.2. The van der Waals surface area contributed by atoms with Crippen molar-refractivity contribution >= 4 is 74.7 Å². The van der Waals surface area contributed by atoms with Crippen molar-refractivity contribution in [1.82, 2.24) is 20.1 Å². The van der Waals surface area contributed by atoms with Gasteiger partial charge in [0, 0.05) is 23.8 Å². The molecule has 2 N–H and O–H groups in total. The first-order chi connectivity index (χ1) is 20.0. The van der Waals surface area contributed by atoms with Crippen LogP contribution in [0.2, 0.25) is 5.02 Å². The zero-order valence-corrected chi connectivity index (χ0v) is 25.2. The Kier molecular flexibility index (Phi) is 9.68. The van der Waals surface area contributed by atoms with Gasteiger partial charge in [0.1, 0.15) is 17.3 Å². The topological polar surface area (TPSA) is 157 Å². The standard InChI is InChI=1S/C27H30ClN7O6S/c1-6-41-20(36)13-42-27(39)34-12-16-10-15(4)22(21(23(16)33-34)26(38)30-14(2)3)31-25(37)18-11-19(40-5)32-35(18)24-17(28)8-7-9-29-24/h7-10,12,14,18H,6,11,13H2,1-5H3,(H,30,38)(H,31,37). The largest absolute Gasteiger partial charge is 0.483 e. The van der Waals surface area contributed by atoms with Crippen molar-refractivity contribution in [2.45, 2.75) is 46.2 Å². The van der Waals surface area contributed by atoms with Crippen molar-refractivity contribution in [3.8, 4) is 0 Å². The molecule has 1 aliphatic heterocycles. The zero-order valence-electron chi connectivity index (χ0n) is 23.6. The van der Waals surface area contributed by atoms with Crippen LogP contribution in [0.3, 0.4) is 0 Å². The quantitative estimate of drug-likeness (QED) is 0.355. The summed E-state index contributed by atoms with van der Waals surface area (Å²) in [6, 6.07) is 3.89. The number of aryl methyl sites for hydroxylation is 1. The van der Waals surface area contributed by atoms with Crippen LogP contribution in [0.1, 0.15) is 43.1 Å². The number of aromatic nitrogens is 3. The van der Waals surface area contributed by atoms with E-state index in [1.54, 1.807) is 45.9 Å². The number of amides is 2. The van der Waals surface area contributed by atoms with Crippen LogP contribution >= 0.6 is 23.4 Å².